The Bertz CT molecular complexity index is 1630. The van der Waals surface area contributed by atoms with Crippen molar-refractivity contribution < 1.29 is 9.53 Å². The molecular formula is C28H27N7O3. The Morgan fingerprint density at radius 1 is 1.05 bits per heavy atom. The van der Waals surface area contributed by atoms with Crippen LogP contribution in [0.25, 0.3) is 28.2 Å². The van der Waals surface area contributed by atoms with Crippen LogP contribution >= 0.6 is 0 Å². The van der Waals surface area contributed by atoms with Gasteiger partial charge >= 0.3 is 5.69 Å². The number of benzene rings is 2. The predicted octanol–water partition coefficient (Wildman–Crippen LogP) is 4.09. The molecule has 0 fully saturated rings. The lowest BCUT2D eigenvalue weighted by Gasteiger charge is -2.12. The molecule has 0 saturated carbocycles. The van der Waals surface area contributed by atoms with Gasteiger partial charge < -0.3 is 4.74 Å². The molecule has 0 amide bonds. The number of rotatable bonds is 9. The molecule has 0 unspecified atom stereocenters. The van der Waals surface area contributed by atoms with Crippen LogP contribution in [-0.4, -0.2) is 47.6 Å². The van der Waals surface area contributed by atoms with Gasteiger partial charge in [-0.1, -0.05) is 49.7 Å². The molecule has 0 radical (unpaired) electrons. The normalized spacial score (nSPS) is 11.0. The summed E-state index contributed by atoms with van der Waals surface area (Å²) in [6, 6.07) is 16.9. The molecule has 10 nitrogen and oxygen atoms in total. The van der Waals surface area contributed by atoms with Crippen molar-refractivity contribution in [2.45, 2.75) is 33.2 Å². The molecule has 1 N–H and O–H groups in total. The van der Waals surface area contributed by atoms with Crippen molar-refractivity contribution >= 4 is 5.78 Å². The summed E-state index contributed by atoms with van der Waals surface area (Å²) in [7, 11) is 1.53. The fraction of sp³-hybridized carbons (Fsp3) is 0.214. The van der Waals surface area contributed by atoms with Crippen molar-refractivity contribution in [2.24, 2.45) is 0 Å². The Kier molecular flexibility index (Phi) is 6.94. The van der Waals surface area contributed by atoms with Crippen molar-refractivity contribution in [3.8, 4) is 34.0 Å². The number of aromatic amines is 1. The number of methoxy groups -OCH3 is 1. The summed E-state index contributed by atoms with van der Waals surface area (Å²) in [6.45, 7) is 3.83. The summed E-state index contributed by atoms with van der Waals surface area (Å²) in [5.74, 6) is 0.889. The van der Waals surface area contributed by atoms with Gasteiger partial charge in [0, 0.05) is 34.8 Å². The number of aryl methyl sites for hydroxylation is 1. The number of aromatic nitrogens is 7. The van der Waals surface area contributed by atoms with Crippen molar-refractivity contribution in [1.29, 1.82) is 0 Å². The zero-order valence-electron chi connectivity index (χ0n) is 21.4. The number of imidazole rings is 1. The first kappa shape index (κ1) is 24.8. The molecular weight excluding hydrogens is 482 g/mol. The molecule has 3 heterocycles. The number of ether oxygens (including phenoxy) is 1. The first-order chi connectivity index (χ1) is 18.5. The van der Waals surface area contributed by atoms with Crippen molar-refractivity contribution in [3.63, 3.8) is 0 Å². The van der Waals surface area contributed by atoms with E-state index in [1.54, 1.807) is 35.2 Å². The van der Waals surface area contributed by atoms with Gasteiger partial charge in [-0.15, -0.1) is 5.10 Å². The number of nitrogens with one attached hydrogen (secondary N) is 1. The molecule has 5 aromatic rings. The summed E-state index contributed by atoms with van der Waals surface area (Å²) >= 11 is 0. The van der Waals surface area contributed by atoms with Crippen LogP contribution in [0.1, 0.15) is 42.0 Å². The predicted molar refractivity (Wildman–Crippen MR) is 143 cm³/mol. The van der Waals surface area contributed by atoms with E-state index < -0.39 is 0 Å². The quantitative estimate of drug-likeness (QED) is 0.297. The Balaban J connectivity index is 1.52. The Morgan fingerprint density at radius 2 is 1.87 bits per heavy atom. The SMILES string of the molecule is CCCc1cn(-c2c(OC)cccc2C(C)=O)c(=O)n1Cc1ccc(-c2ccccc2-c2nnn[nH]2)cn1. The second kappa shape index (κ2) is 10.6. The van der Waals surface area contributed by atoms with Crippen molar-refractivity contribution in [3.05, 3.63) is 94.4 Å². The molecule has 0 bridgehead atoms. The molecule has 38 heavy (non-hydrogen) atoms. The topological polar surface area (TPSA) is 121 Å². The first-order valence-corrected chi connectivity index (χ1v) is 12.3. The number of tetrazole rings is 1. The number of para-hydroxylation sites is 1. The standard InChI is InChI=1S/C28H27N7O3/c1-4-8-21-17-35(26-22(18(2)36)11-7-12-25(26)38-3)28(37)34(21)16-20-14-13-19(15-29-20)23-9-5-6-10-24(23)27-30-32-33-31-27/h5-7,9-15,17H,4,8,16H2,1-3H3,(H,30,31,32,33). The van der Waals surface area contributed by atoms with Gasteiger partial charge in [-0.05, 0) is 47.5 Å². The number of nitrogens with zero attached hydrogens (tertiary/aromatic N) is 6. The van der Waals surface area contributed by atoms with E-state index >= 15 is 0 Å². The molecule has 0 saturated heterocycles. The largest absolute Gasteiger partial charge is 0.495 e. The average molecular weight is 510 g/mol. The van der Waals surface area contributed by atoms with Crippen LogP contribution in [0, 0.1) is 0 Å². The van der Waals surface area contributed by atoms with Crippen LogP contribution in [0.4, 0.5) is 0 Å². The smallest absolute Gasteiger partial charge is 0.333 e. The van der Waals surface area contributed by atoms with E-state index in [1.165, 1.54) is 18.6 Å². The number of H-pyrrole nitrogens is 1. The van der Waals surface area contributed by atoms with Crippen LogP contribution in [0.5, 0.6) is 5.75 Å². The van der Waals surface area contributed by atoms with E-state index in [0.717, 1.165) is 34.5 Å². The monoisotopic (exact) mass is 509 g/mol. The van der Waals surface area contributed by atoms with Crippen LogP contribution in [0.3, 0.4) is 0 Å². The summed E-state index contributed by atoms with van der Waals surface area (Å²) in [6.07, 6.45) is 5.14. The van der Waals surface area contributed by atoms with E-state index in [4.69, 9.17) is 4.74 Å². The summed E-state index contributed by atoms with van der Waals surface area (Å²) in [5.41, 5.74) is 4.91. The minimum atomic E-state index is -0.255. The highest BCUT2D eigenvalue weighted by Gasteiger charge is 2.20. The van der Waals surface area contributed by atoms with E-state index in [9.17, 15) is 9.59 Å². The third kappa shape index (κ3) is 4.63. The van der Waals surface area contributed by atoms with Gasteiger partial charge in [0.25, 0.3) is 0 Å². The number of hydrogen-bond acceptors (Lipinski definition) is 7. The highest BCUT2D eigenvalue weighted by Crippen LogP contribution is 2.30. The second-order valence-electron chi connectivity index (χ2n) is 8.86. The molecule has 2 aromatic carbocycles. The molecule has 3 aromatic heterocycles. The number of Topliss-reactive ketones (excluding diaryl/α,β-unsaturated/α-hetero) is 1. The fourth-order valence-electron chi connectivity index (χ4n) is 4.59. The van der Waals surface area contributed by atoms with E-state index in [-0.39, 0.29) is 11.5 Å². The Hall–Kier alpha value is -4.86. The maximum Gasteiger partial charge on any atom is 0.333 e. The molecule has 10 heteroatoms. The lowest BCUT2D eigenvalue weighted by Crippen LogP contribution is -2.26. The molecule has 0 atom stereocenters. The number of carbonyl (C=O) groups excluding carboxylic acids is 1. The number of ketones is 1. The molecule has 5 rings (SSSR count). The fourth-order valence-corrected chi connectivity index (χ4v) is 4.59. The van der Waals surface area contributed by atoms with Gasteiger partial charge in [0.05, 0.1) is 19.3 Å². The second-order valence-corrected chi connectivity index (χ2v) is 8.86. The number of hydrogen-bond donors (Lipinski definition) is 1. The van der Waals surface area contributed by atoms with Gasteiger partial charge in [0.2, 0.25) is 0 Å². The lowest BCUT2D eigenvalue weighted by atomic mass is 10.0. The van der Waals surface area contributed by atoms with Crippen molar-refractivity contribution in [2.75, 3.05) is 7.11 Å². The zero-order valence-corrected chi connectivity index (χ0v) is 21.4. The third-order valence-electron chi connectivity index (χ3n) is 6.39. The van der Waals surface area contributed by atoms with E-state index in [0.29, 0.717) is 35.8 Å². The van der Waals surface area contributed by atoms with E-state index in [1.807, 2.05) is 36.4 Å². The first-order valence-electron chi connectivity index (χ1n) is 12.3. The van der Waals surface area contributed by atoms with Crippen molar-refractivity contribution in [1.82, 2.24) is 34.7 Å². The van der Waals surface area contributed by atoms with Crippen LogP contribution < -0.4 is 10.4 Å². The van der Waals surface area contributed by atoms with Crippen LogP contribution in [0.15, 0.2) is 71.8 Å². The molecule has 0 spiro atoms. The van der Waals surface area contributed by atoms with Crippen LogP contribution in [0.2, 0.25) is 0 Å². The third-order valence-corrected chi connectivity index (χ3v) is 6.39. The van der Waals surface area contributed by atoms with E-state index in [2.05, 4.69) is 32.5 Å². The van der Waals surface area contributed by atoms with Gasteiger partial charge in [0.1, 0.15) is 11.4 Å². The zero-order chi connectivity index (χ0) is 26.6. The lowest BCUT2D eigenvalue weighted by molar-refractivity contribution is 0.101. The number of pyridine rings is 1. The Labute approximate surface area is 218 Å². The highest BCUT2D eigenvalue weighted by molar-refractivity contribution is 5.98. The number of carbonyl (C=O) groups is 1. The Morgan fingerprint density at radius 3 is 2.53 bits per heavy atom. The average Bonchev–Trinajstić information content (AvgIpc) is 3.58. The van der Waals surface area contributed by atoms with Crippen LogP contribution in [-0.2, 0) is 13.0 Å². The highest BCUT2D eigenvalue weighted by atomic mass is 16.5. The maximum atomic E-state index is 13.7. The summed E-state index contributed by atoms with van der Waals surface area (Å²) in [5, 5.41) is 14.2. The summed E-state index contributed by atoms with van der Waals surface area (Å²) in [4.78, 5) is 30.7. The molecule has 0 aliphatic rings. The minimum Gasteiger partial charge on any atom is -0.495 e. The molecule has 0 aliphatic carbocycles. The van der Waals surface area contributed by atoms with Gasteiger partial charge in [-0.2, -0.15) is 0 Å². The molecule has 0 aliphatic heterocycles. The van der Waals surface area contributed by atoms with Gasteiger partial charge in [-0.25, -0.2) is 9.89 Å². The van der Waals surface area contributed by atoms with Gasteiger partial charge in [0.15, 0.2) is 11.6 Å². The summed E-state index contributed by atoms with van der Waals surface area (Å²) < 4.78 is 8.73. The van der Waals surface area contributed by atoms with Gasteiger partial charge in [-0.3, -0.25) is 18.9 Å². The molecule has 192 valence electrons. The minimum absolute atomic E-state index is 0.144. The maximum absolute atomic E-state index is 13.7.